The number of carboxylic acids is 1. The van der Waals surface area contributed by atoms with Gasteiger partial charge in [0.2, 0.25) is 5.91 Å². The van der Waals surface area contributed by atoms with Crippen LogP contribution in [0.1, 0.15) is 16.8 Å². The van der Waals surface area contributed by atoms with E-state index in [-0.39, 0.29) is 23.9 Å². The van der Waals surface area contributed by atoms with Crippen molar-refractivity contribution in [2.24, 2.45) is 0 Å². The van der Waals surface area contributed by atoms with Gasteiger partial charge in [0.25, 0.3) is 0 Å². The zero-order valence-corrected chi connectivity index (χ0v) is 12.6. The molecule has 21 heavy (non-hydrogen) atoms. The Hall–Kier alpha value is -2.09. The first-order chi connectivity index (χ1) is 9.95. The smallest absolute Gasteiger partial charge is 0.335 e. The Morgan fingerprint density at radius 3 is 2.76 bits per heavy atom. The monoisotopic (exact) mass is 355 g/mol. The van der Waals surface area contributed by atoms with Gasteiger partial charge in [-0.3, -0.25) is 4.79 Å². The van der Waals surface area contributed by atoms with Crippen LogP contribution in [0.5, 0.6) is 0 Å². The summed E-state index contributed by atoms with van der Waals surface area (Å²) in [5.41, 5.74) is 0.461. The quantitative estimate of drug-likeness (QED) is 0.748. The molecule has 2 rings (SSSR count). The largest absolute Gasteiger partial charge is 0.478 e. The summed E-state index contributed by atoms with van der Waals surface area (Å²) in [4.78, 5) is 35.9. The molecule has 0 saturated carbocycles. The molecule has 0 bridgehead atoms. The highest BCUT2D eigenvalue weighted by atomic mass is 79.9. The predicted octanol–water partition coefficient (Wildman–Crippen LogP) is 1.50. The molecule has 1 saturated heterocycles. The number of carboxylic acid groups (broad SMARTS) is 1. The van der Waals surface area contributed by atoms with Crippen LogP contribution in [0.3, 0.4) is 0 Å². The number of carbonyl (C=O) groups excluding carboxylic acids is 2. The van der Waals surface area contributed by atoms with Crippen molar-refractivity contribution in [3.63, 3.8) is 0 Å². The third-order valence-electron chi connectivity index (χ3n) is 3.00. The molecule has 3 N–H and O–H groups in total. The molecule has 3 amide bonds. The first-order valence-electron chi connectivity index (χ1n) is 6.32. The van der Waals surface area contributed by atoms with Gasteiger partial charge in [0.15, 0.2) is 0 Å². The van der Waals surface area contributed by atoms with E-state index in [0.717, 1.165) is 0 Å². The van der Waals surface area contributed by atoms with Crippen LogP contribution in [-0.4, -0.2) is 47.5 Å². The number of amides is 3. The molecule has 0 aromatic heterocycles. The zero-order chi connectivity index (χ0) is 15.4. The van der Waals surface area contributed by atoms with Crippen LogP contribution in [0, 0.1) is 0 Å². The molecule has 112 valence electrons. The number of rotatable bonds is 2. The van der Waals surface area contributed by atoms with Gasteiger partial charge in [-0.1, -0.05) is 15.9 Å². The lowest BCUT2D eigenvalue weighted by Gasteiger charge is -2.20. The number of nitrogens with one attached hydrogen (secondary N) is 2. The second-order valence-corrected chi connectivity index (χ2v) is 5.47. The summed E-state index contributed by atoms with van der Waals surface area (Å²) in [5, 5.41) is 14.3. The van der Waals surface area contributed by atoms with Crippen molar-refractivity contribution in [3.05, 3.63) is 28.2 Å². The van der Waals surface area contributed by atoms with E-state index in [1.165, 1.54) is 17.0 Å². The molecule has 1 aromatic rings. The van der Waals surface area contributed by atoms with Gasteiger partial charge in [-0.2, -0.15) is 0 Å². The van der Waals surface area contributed by atoms with E-state index >= 15 is 0 Å². The van der Waals surface area contributed by atoms with Gasteiger partial charge < -0.3 is 20.6 Å². The highest BCUT2D eigenvalue weighted by Crippen LogP contribution is 2.20. The van der Waals surface area contributed by atoms with Crippen molar-refractivity contribution in [2.75, 3.05) is 25.0 Å². The topological polar surface area (TPSA) is 98.7 Å². The maximum absolute atomic E-state index is 12.1. The number of benzene rings is 1. The average Bonchev–Trinajstić information content (AvgIpc) is 2.62. The number of halogens is 1. The fraction of sp³-hybridized carbons (Fsp3) is 0.308. The zero-order valence-electron chi connectivity index (χ0n) is 11.1. The third kappa shape index (κ3) is 4.19. The number of hydrogen-bond donors (Lipinski definition) is 3. The Balaban J connectivity index is 2.08. The SMILES string of the molecule is O=C1CCN(C(=O)Nc2cc(Br)cc(C(=O)O)c2)CCN1. The molecule has 7 nitrogen and oxygen atoms in total. The Labute approximate surface area is 129 Å². The number of carbonyl (C=O) groups is 3. The van der Waals surface area contributed by atoms with Gasteiger partial charge in [0.05, 0.1) is 5.56 Å². The molecular weight excluding hydrogens is 342 g/mol. The van der Waals surface area contributed by atoms with E-state index in [9.17, 15) is 14.4 Å². The Kier molecular flexibility index (Phi) is 4.79. The molecule has 1 heterocycles. The molecule has 1 aromatic carbocycles. The molecule has 0 unspecified atom stereocenters. The lowest BCUT2D eigenvalue weighted by Crippen LogP contribution is -2.37. The standard InChI is InChI=1S/C13H14BrN3O4/c14-9-5-8(12(19)20)6-10(7-9)16-13(21)17-3-1-11(18)15-2-4-17/h5-7H,1-4H2,(H,15,18)(H,16,21)(H,19,20). The van der Waals surface area contributed by atoms with Crippen molar-refractivity contribution in [2.45, 2.75) is 6.42 Å². The second kappa shape index (κ2) is 6.57. The molecule has 1 aliphatic rings. The summed E-state index contributed by atoms with van der Waals surface area (Å²) < 4.78 is 0.561. The maximum Gasteiger partial charge on any atom is 0.335 e. The normalized spacial score (nSPS) is 15.1. The highest BCUT2D eigenvalue weighted by Gasteiger charge is 2.18. The summed E-state index contributed by atoms with van der Waals surface area (Å²) in [5.74, 6) is -1.16. The Morgan fingerprint density at radius 1 is 1.29 bits per heavy atom. The number of aromatic carboxylic acids is 1. The van der Waals surface area contributed by atoms with Crippen molar-refractivity contribution in [3.8, 4) is 0 Å². The maximum atomic E-state index is 12.1. The molecule has 1 fully saturated rings. The van der Waals surface area contributed by atoms with E-state index in [4.69, 9.17) is 5.11 Å². The van der Waals surface area contributed by atoms with Crippen LogP contribution in [-0.2, 0) is 4.79 Å². The van der Waals surface area contributed by atoms with Gasteiger partial charge in [0, 0.05) is 36.2 Å². The lowest BCUT2D eigenvalue weighted by molar-refractivity contribution is -0.120. The molecule has 0 aliphatic carbocycles. The third-order valence-corrected chi connectivity index (χ3v) is 3.45. The van der Waals surface area contributed by atoms with E-state index in [0.29, 0.717) is 29.8 Å². The Bertz CT molecular complexity index is 591. The van der Waals surface area contributed by atoms with E-state index < -0.39 is 5.97 Å². The van der Waals surface area contributed by atoms with Crippen LogP contribution < -0.4 is 10.6 Å². The van der Waals surface area contributed by atoms with Gasteiger partial charge in [-0.05, 0) is 18.2 Å². The van der Waals surface area contributed by atoms with Crippen LogP contribution in [0.4, 0.5) is 10.5 Å². The molecule has 8 heteroatoms. The van der Waals surface area contributed by atoms with E-state index in [1.807, 2.05) is 0 Å². The lowest BCUT2D eigenvalue weighted by atomic mass is 10.2. The van der Waals surface area contributed by atoms with Crippen molar-refractivity contribution >= 4 is 39.5 Å². The minimum Gasteiger partial charge on any atom is -0.478 e. The summed E-state index contributed by atoms with van der Waals surface area (Å²) in [6.07, 6.45) is 0.256. The average molecular weight is 356 g/mol. The van der Waals surface area contributed by atoms with Crippen molar-refractivity contribution in [1.82, 2.24) is 10.2 Å². The predicted molar refractivity (Wildman–Crippen MR) is 79.3 cm³/mol. The van der Waals surface area contributed by atoms with Gasteiger partial charge in [-0.25, -0.2) is 9.59 Å². The van der Waals surface area contributed by atoms with Gasteiger partial charge in [-0.15, -0.1) is 0 Å². The fourth-order valence-corrected chi connectivity index (χ4v) is 2.45. The molecule has 0 atom stereocenters. The molecular formula is C13H14BrN3O4. The van der Waals surface area contributed by atoms with E-state index in [2.05, 4.69) is 26.6 Å². The number of hydrogen-bond acceptors (Lipinski definition) is 3. The summed E-state index contributed by atoms with van der Waals surface area (Å²) in [7, 11) is 0. The molecule has 0 radical (unpaired) electrons. The van der Waals surface area contributed by atoms with Gasteiger partial charge in [0.1, 0.15) is 0 Å². The number of anilines is 1. The second-order valence-electron chi connectivity index (χ2n) is 4.55. The Morgan fingerprint density at radius 2 is 2.05 bits per heavy atom. The van der Waals surface area contributed by atoms with Crippen LogP contribution in [0.25, 0.3) is 0 Å². The summed E-state index contributed by atoms with van der Waals surface area (Å²) in [6, 6.07) is 4.09. The van der Waals surface area contributed by atoms with Crippen LogP contribution >= 0.6 is 15.9 Å². The van der Waals surface area contributed by atoms with E-state index in [1.54, 1.807) is 6.07 Å². The fourth-order valence-electron chi connectivity index (χ4n) is 1.96. The highest BCUT2D eigenvalue weighted by molar-refractivity contribution is 9.10. The first-order valence-corrected chi connectivity index (χ1v) is 7.11. The minimum absolute atomic E-state index is 0.0763. The molecule has 1 aliphatic heterocycles. The minimum atomic E-state index is -1.07. The van der Waals surface area contributed by atoms with Gasteiger partial charge >= 0.3 is 12.0 Å². The first kappa shape index (κ1) is 15.3. The van der Waals surface area contributed by atoms with Crippen molar-refractivity contribution in [1.29, 1.82) is 0 Å². The molecule has 0 spiro atoms. The van der Waals surface area contributed by atoms with Crippen LogP contribution in [0.2, 0.25) is 0 Å². The summed E-state index contributed by atoms with van der Waals surface area (Å²) >= 11 is 3.20. The number of urea groups is 1. The van der Waals surface area contributed by atoms with Crippen molar-refractivity contribution < 1.29 is 19.5 Å². The summed E-state index contributed by atoms with van der Waals surface area (Å²) in [6.45, 7) is 1.15. The van der Waals surface area contributed by atoms with Crippen LogP contribution in [0.15, 0.2) is 22.7 Å². The number of nitrogens with zero attached hydrogens (tertiary/aromatic N) is 1.